The zero-order chi connectivity index (χ0) is 15.7. The van der Waals surface area contributed by atoms with Crippen LogP contribution in [0.15, 0.2) is 24.3 Å². The lowest BCUT2D eigenvalue weighted by molar-refractivity contribution is 0.218. The molecule has 0 aliphatic heterocycles. The number of hydrogen-bond donors (Lipinski definition) is 1. The predicted molar refractivity (Wildman–Crippen MR) is 87.0 cm³/mol. The largest absolute Gasteiger partial charge is 0.384 e. The van der Waals surface area contributed by atoms with E-state index in [0.717, 1.165) is 17.7 Å². The molecule has 1 rings (SSSR count). The molecule has 0 aliphatic carbocycles. The van der Waals surface area contributed by atoms with Crippen molar-refractivity contribution in [2.24, 2.45) is 0 Å². The molecule has 0 saturated heterocycles. The fourth-order valence-electron chi connectivity index (χ4n) is 1.83. The van der Waals surface area contributed by atoms with Crippen molar-refractivity contribution in [1.29, 1.82) is 0 Å². The molecule has 21 heavy (non-hydrogen) atoms. The molecular weight excluding hydrogens is 288 g/mol. The zero-order valence-electron chi connectivity index (χ0n) is 12.9. The van der Waals surface area contributed by atoms with Crippen molar-refractivity contribution in [3.05, 3.63) is 29.8 Å². The van der Waals surface area contributed by atoms with Gasteiger partial charge in [0.05, 0.1) is 6.61 Å². The molecule has 0 aromatic heterocycles. The molecule has 0 saturated carbocycles. The highest BCUT2D eigenvalue weighted by atomic mass is 32.2. The summed E-state index contributed by atoms with van der Waals surface area (Å²) < 4.78 is 16.8. The van der Waals surface area contributed by atoms with Crippen molar-refractivity contribution in [1.82, 2.24) is 4.90 Å². The number of benzene rings is 1. The second-order valence-electron chi connectivity index (χ2n) is 4.83. The van der Waals surface area contributed by atoms with Gasteiger partial charge in [0.1, 0.15) is 0 Å². The summed E-state index contributed by atoms with van der Waals surface area (Å²) in [5.74, 6) is 0.990. The van der Waals surface area contributed by atoms with Gasteiger partial charge >= 0.3 is 6.03 Å². The Morgan fingerprint density at radius 2 is 2.19 bits per heavy atom. The van der Waals surface area contributed by atoms with Crippen molar-refractivity contribution >= 4 is 22.5 Å². The van der Waals surface area contributed by atoms with Gasteiger partial charge in [-0.05, 0) is 24.1 Å². The van der Waals surface area contributed by atoms with Gasteiger partial charge in [0.25, 0.3) is 0 Å². The van der Waals surface area contributed by atoms with Crippen LogP contribution in [0.3, 0.4) is 0 Å². The minimum atomic E-state index is -0.952. The van der Waals surface area contributed by atoms with E-state index < -0.39 is 10.8 Å². The molecule has 0 radical (unpaired) electrons. The number of rotatable bonds is 8. The summed E-state index contributed by atoms with van der Waals surface area (Å²) in [6, 6.07) is 7.34. The maximum Gasteiger partial charge on any atom is 0.321 e. The number of anilines is 1. The predicted octanol–water partition coefficient (Wildman–Crippen LogP) is 2.46. The van der Waals surface area contributed by atoms with E-state index in [9.17, 15) is 9.00 Å². The summed E-state index contributed by atoms with van der Waals surface area (Å²) in [4.78, 5) is 13.6. The molecule has 1 unspecified atom stereocenters. The summed E-state index contributed by atoms with van der Waals surface area (Å²) in [7, 11) is 2.41. The highest BCUT2D eigenvalue weighted by molar-refractivity contribution is 7.84. The summed E-state index contributed by atoms with van der Waals surface area (Å²) in [6.07, 6.45) is 0.919. The molecule has 6 heteroatoms. The van der Waals surface area contributed by atoms with E-state index in [-0.39, 0.29) is 6.03 Å². The highest BCUT2D eigenvalue weighted by Gasteiger charge is 2.08. The average molecular weight is 312 g/mol. The second kappa shape index (κ2) is 9.52. The van der Waals surface area contributed by atoms with Crippen molar-refractivity contribution in [2.75, 3.05) is 38.4 Å². The maximum atomic E-state index is 11.9. The molecule has 5 nitrogen and oxygen atoms in total. The molecule has 0 aliphatic rings. The van der Waals surface area contributed by atoms with Crippen LogP contribution in [0.4, 0.5) is 10.5 Å². The monoisotopic (exact) mass is 312 g/mol. The second-order valence-corrected chi connectivity index (χ2v) is 6.41. The number of urea groups is 1. The third kappa shape index (κ3) is 6.73. The van der Waals surface area contributed by atoms with Crippen LogP contribution in [0, 0.1) is 0 Å². The summed E-state index contributed by atoms with van der Waals surface area (Å²) >= 11 is 0. The Morgan fingerprint density at radius 3 is 2.86 bits per heavy atom. The van der Waals surface area contributed by atoms with Gasteiger partial charge in [0.2, 0.25) is 0 Å². The molecule has 0 fully saturated rings. The van der Waals surface area contributed by atoms with Crippen LogP contribution in [0.1, 0.15) is 18.9 Å². The lowest BCUT2D eigenvalue weighted by atomic mass is 10.2. The van der Waals surface area contributed by atoms with E-state index in [1.165, 1.54) is 0 Å². The Balaban J connectivity index is 2.59. The lowest BCUT2D eigenvalue weighted by Gasteiger charge is -2.17. The SMILES string of the molecule is CCCN(C)C(=O)Nc1cccc(CS(=O)CCOC)c1. The van der Waals surface area contributed by atoms with Gasteiger partial charge in [-0.15, -0.1) is 0 Å². The first-order valence-corrected chi connectivity index (χ1v) is 8.50. The molecular formula is C15H24N2O3S. The van der Waals surface area contributed by atoms with E-state index in [1.54, 1.807) is 19.1 Å². The first-order chi connectivity index (χ1) is 10.1. The van der Waals surface area contributed by atoms with Crippen LogP contribution in [0.25, 0.3) is 0 Å². The standard InChI is InChI=1S/C15H24N2O3S/c1-4-8-17(2)15(18)16-14-7-5-6-13(11-14)12-21(19)10-9-20-3/h5-7,11H,4,8-10,12H2,1-3H3,(H,16,18). The topological polar surface area (TPSA) is 58.6 Å². The number of hydrogen-bond acceptors (Lipinski definition) is 3. The van der Waals surface area contributed by atoms with Crippen LogP contribution in [0.5, 0.6) is 0 Å². The van der Waals surface area contributed by atoms with Gasteiger partial charge in [-0.25, -0.2) is 4.79 Å². The minimum absolute atomic E-state index is 0.130. The fraction of sp³-hybridized carbons (Fsp3) is 0.533. The molecule has 1 atom stereocenters. The van der Waals surface area contributed by atoms with Gasteiger partial charge in [0.15, 0.2) is 0 Å². The van der Waals surface area contributed by atoms with Gasteiger partial charge < -0.3 is 15.0 Å². The van der Waals surface area contributed by atoms with E-state index in [4.69, 9.17) is 4.74 Å². The summed E-state index contributed by atoms with van der Waals surface area (Å²) in [5.41, 5.74) is 1.67. The molecule has 1 N–H and O–H groups in total. The number of carbonyl (C=O) groups is 1. The fourth-order valence-corrected chi connectivity index (χ4v) is 2.88. The Hall–Kier alpha value is -1.40. The molecule has 0 heterocycles. The summed E-state index contributed by atoms with van der Waals surface area (Å²) in [6.45, 7) is 3.23. The van der Waals surface area contributed by atoms with E-state index in [0.29, 0.717) is 24.7 Å². The first kappa shape index (κ1) is 17.7. The Kier molecular flexibility index (Phi) is 8.00. The zero-order valence-corrected chi connectivity index (χ0v) is 13.7. The Labute approximate surface area is 129 Å². The number of ether oxygens (including phenoxy) is 1. The van der Waals surface area contributed by atoms with E-state index in [1.807, 2.05) is 31.2 Å². The van der Waals surface area contributed by atoms with Gasteiger partial charge in [-0.3, -0.25) is 4.21 Å². The first-order valence-electron chi connectivity index (χ1n) is 7.01. The van der Waals surface area contributed by atoms with Crippen LogP contribution in [0.2, 0.25) is 0 Å². The van der Waals surface area contributed by atoms with Crippen LogP contribution < -0.4 is 5.32 Å². The average Bonchev–Trinajstić information content (AvgIpc) is 2.45. The van der Waals surface area contributed by atoms with Crippen molar-refractivity contribution in [3.8, 4) is 0 Å². The number of carbonyl (C=O) groups excluding carboxylic acids is 1. The van der Waals surface area contributed by atoms with Crippen molar-refractivity contribution in [3.63, 3.8) is 0 Å². The number of amides is 2. The van der Waals surface area contributed by atoms with Crippen LogP contribution in [-0.2, 0) is 21.3 Å². The van der Waals surface area contributed by atoms with Crippen LogP contribution in [-0.4, -0.2) is 48.2 Å². The van der Waals surface area contributed by atoms with Crippen molar-refractivity contribution in [2.45, 2.75) is 19.1 Å². The lowest BCUT2D eigenvalue weighted by Crippen LogP contribution is -2.31. The van der Waals surface area contributed by atoms with E-state index in [2.05, 4.69) is 5.32 Å². The normalized spacial score (nSPS) is 12.0. The van der Waals surface area contributed by atoms with Gasteiger partial charge in [-0.2, -0.15) is 0 Å². The highest BCUT2D eigenvalue weighted by Crippen LogP contribution is 2.13. The Bertz CT molecular complexity index is 480. The summed E-state index contributed by atoms with van der Waals surface area (Å²) in [5, 5.41) is 2.85. The van der Waals surface area contributed by atoms with Crippen molar-refractivity contribution < 1.29 is 13.7 Å². The van der Waals surface area contributed by atoms with E-state index >= 15 is 0 Å². The number of methoxy groups -OCH3 is 1. The third-order valence-electron chi connectivity index (χ3n) is 2.93. The molecule has 118 valence electrons. The smallest absolute Gasteiger partial charge is 0.321 e. The molecule has 2 amide bonds. The van der Waals surface area contributed by atoms with Crippen LogP contribution >= 0.6 is 0 Å². The number of nitrogens with zero attached hydrogens (tertiary/aromatic N) is 1. The molecule has 1 aromatic rings. The number of nitrogens with one attached hydrogen (secondary N) is 1. The molecule has 1 aromatic carbocycles. The quantitative estimate of drug-likeness (QED) is 0.802. The third-order valence-corrected chi connectivity index (χ3v) is 4.20. The van der Waals surface area contributed by atoms with Gasteiger partial charge in [0, 0.05) is 48.7 Å². The Morgan fingerprint density at radius 1 is 1.43 bits per heavy atom. The molecule has 0 spiro atoms. The van der Waals surface area contributed by atoms with Gasteiger partial charge in [-0.1, -0.05) is 19.1 Å². The molecule has 0 bridgehead atoms. The maximum absolute atomic E-state index is 11.9. The minimum Gasteiger partial charge on any atom is -0.384 e.